The number of carbonyl (C=O) groups excluding carboxylic acids is 1. The van der Waals surface area contributed by atoms with Gasteiger partial charge in [0.05, 0.1) is 0 Å². The van der Waals surface area contributed by atoms with Crippen molar-refractivity contribution in [2.45, 2.75) is 20.2 Å². The molecule has 0 saturated heterocycles. The van der Waals surface area contributed by atoms with Crippen molar-refractivity contribution in [2.75, 3.05) is 6.61 Å². The number of hydrogen-bond acceptors (Lipinski definition) is 2. The maximum absolute atomic E-state index is 11.1. The van der Waals surface area contributed by atoms with Gasteiger partial charge in [-0.15, -0.1) is 0 Å². The van der Waals surface area contributed by atoms with E-state index >= 15 is 0 Å². The molecule has 0 bridgehead atoms. The molecule has 0 N–H and O–H groups in total. The molecule has 0 radical (unpaired) electrons. The highest BCUT2D eigenvalue weighted by molar-refractivity contribution is 5.72. The molecule has 0 atom stereocenters. The van der Waals surface area contributed by atoms with Gasteiger partial charge in [-0.2, -0.15) is 0 Å². The molecule has 0 spiro atoms. The zero-order chi connectivity index (χ0) is 11.8. The molecule has 0 aromatic heterocycles. The van der Waals surface area contributed by atoms with Crippen molar-refractivity contribution in [3.63, 3.8) is 0 Å². The smallest absolute Gasteiger partial charge is 0.305 e. The fourth-order valence-corrected chi connectivity index (χ4v) is 1.22. The highest BCUT2D eigenvalue weighted by Crippen LogP contribution is 2.14. The van der Waals surface area contributed by atoms with E-state index < -0.39 is 0 Å². The minimum atomic E-state index is -0.315. The Bertz CT molecular complexity index is 357. The lowest BCUT2D eigenvalue weighted by Gasteiger charge is -2.07. The van der Waals surface area contributed by atoms with Crippen molar-refractivity contribution in [1.82, 2.24) is 0 Å². The van der Waals surface area contributed by atoms with E-state index in [2.05, 4.69) is 0 Å². The Kier molecular flexibility index (Phi) is 4.00. The van der Waals surface area contributed by atoms with Crippen LogP contribution in [0.15, 0.2) is 36.4 Å². The second kappa shape index (κ2) is 6.02. The van der Waals surface area contributed by atoms with Crippen LogP contribution in [0.2, 0.25) is 0 Å². The number of carbonyl (C=O) groups is 1. The van der Waals surface area contributed by atoms with Crippen LogP contribution in [-0.2, 0) is 9.53 Å². The Hall–Kier alpha value is -1.57. The van der Waals surface area contributed by atoms with E-state index in [4.69, 9.17) is 6.11 Å². The molecular weight excluding hydrogens is 188 g/mol. The summed E-state index contributed by atoms with van der Waals surface area (Å²) >= 11 is 0. The summed E-state index contributed by atoms with van der Waals surface area (Å²) in [6, 6.07) is 9.80. The molecule has 0 aliphatic rings. The molecule has 1 rings (SSSR count). The van der Waals surface area contributed by atoms with Gasteiger partial charge in [0, 0.05) is 7.79 Å². The summed E-state index contributed by atoms with van der Waals surface area (Å²) < 4.78 is 12.0. The molecule has 0 amide bonds. The SMILES string of the molecule is [2H]CCC(=O)OC/C(=C/C)c1ccccc1. The Morgan fingerprint density at radius 1 is 1.47 bits per heavy atom. The van der Waals surface area contributed by atoms with Crippen molar-refractivity contribution >= 4 is 11.5 Å². The van der Waals surface area contributed by atoms with Crippen molar-refractivity contribution < 1.29 is 10.9 Å². The van der Waals surface area contributed by atoms with Crippen molar-refractivity contribution in [3.8, 4) is 0 Å². The van der Waals surface area contributed by atoms with Crippen LogP contribution in [0.4, 0.5) is 0 Å². The molecule has 0 aliphatic heterocycles. The lowest BCUT2D eigenvalue weighted by atomic mass is 10.1. The minimum Gasteiger partial charge on any atom is -0.461 e. The van der Waals surface area contributed by atoms with Gasteiger partial charge in [-0.05, 0) is 18.1 Å². The summed E-state index contributed by atoms with van der Waals surface area (Å²) in [6.45, 7) is 2.27. The van der Waals surface area contributed by atoms with Gasteiger partial charge in [0.2, 0.25) is 0 Å². The molecule has 0 fully saturated rings. The maximum atomic E-state index is 11.1. The van der Waals surface area contributed by atoms with E-state index in [-0.39, 0.29) is 25.9 Å². The second-order valence-corrected chi connectivity index (χ2v) is 3.09. The van der Waals surface area contributed by atoms with Crippen LogP contribution < -0.4 is 0 Å². The van der Waals surface area contributed by atoms with Gasteiger partial charge in [-0.3, -0.25) is 4.79 Å². The average Bonchev–Trinajstić information content (AvgIpc) is 2.31. The molecular formula is C13H16O2. The van der Waals surface area contributed by atoms with Gasteiger partial charge in [0.1, 0.15) is 6.61 Å². The van der Waals surface area contributed by atoms with Gasteiger partial charge in [-0.25, -0.2) is 0 Å². The predicted octanol–water partition coefficient (Wildman–Crippen LogP) is 3.04. The highest BCUT2D eigenvalue weighted by Gasteiger charge is 2.03. The lowest BCUT2D eigenvalue weighted by molar-refractivity contribution is -0.141. The van der Waals surface area contributed by atoms with E-state index in [1.165, 1.54) is 0 Å². The molecule has 0 saturated carbocycles. The maximum Gasteiger partial charge on any atom is 0.305 e. The number of allylic oxidation sites excluding steroid dienone is 1. The number of benzene rings is 1. The topological polar surface area (TPSA) is 26.3 Å². The van der Waals surface area contributed by atoms with Crippen molar-refractivity contribution in [3.05, 3.63) is 42.0 Å². The third-order valence-electron chi connectivity index (χ3n) is 2.09. The van der Waals surface area contributed by atoms with Crippen LogP contribution in [0.5, 0.6) is 0 Å². The highest BCUT2D eigenvalue weighted by atomic mass is 16.5. The van der Waals surface area contributed by atoms with E-state index in [9.17, 15) is 4.79 Å². The van der Waals surface area contributed by atoms with E-state index in [0.29, 0.717) is 0 Å². The number of rotatable bonds is 4. The Morgan fingerprint density at radius 2 is 2.20 bits per heavy atom. The second-order valence-electron chi connectivity index (χ2n) is 3.09. The number of esters is 1. The monoisotopic (exact) mass is 205 g/mol. The van der Waals surface area contributed by atoms with Gasteiger partial charge in [0.25, 0.3) is 0 Å². The normalized spacial score (nSPS) is 12.1. The Morgan fingerprint density at radius 3 is 2.80 bits per heavy atom. The van der Waals surface area contributed by atoms with E-state index in [1.807, 2.05) is 43.3 Å². The van der Waals surface area contributed by atoms with Gasteiger partial charge in [0.15, 0.2) is 0 Å². The molecule has 2 heteroatoms. The van der Waals surface area contributed by atoms with Crippen LogP contribution in [0.3, 0.4) is 0 Å². The first-order valence-corrected chi connectivity index (χ1v) is 4.93. The first-order valence-electron chi connectivity index (χ1n) is 5.64. The van der Waals surface area contributed by atoms with Gasteiger partial charge < -0.3 is 4.74 Å². The molecule has 1 aromatic rings. The summed E-state index contributed by atoms with van der Waals surface area (Å²) in [6.07, 6.45) is 2.09. The molecule has 2 nitrogen and oxygen atoms in total. The number of hydrogen-bond donors (Lipinski definition) is 0. The third-order valence-corrected chi connectivity index (χ3v) is 2.09. The zero-order valence-corrected chi connectivity index (χ0v) is 8.90. The Balaban J connectivity index is 2.55. The van der Waals surface area contributed by atoms with E-state index in [0.717, 1.165) is 11.1 Å². The van der Waals surface area contributed by atoms with Crippen molar-refractivity contribution in [1.29, 1.82) is 0 Å². The minimum absolute atomic E-state index is 0.0787. The summed E-state index contributed by atoms with van der Waals surface area (Å²) in [4.78, 5) is 11.1. The molecule has 15 heavy (non-hydrogen) atoms. The fourth-order valence-electron chi connectivity index (χ4n) is 1.22. The summed E-state index contributed by atoms with van der Waals surface area (Å²) in [5.41, 5.74) is 2.04. The summed E-state index contributed by atoms with van der Waals surface area (Å²) in [7, 11) is 0. The first kappa shape index (κ1) is 9.97. The predicted molar refractivity (Wildman–Crippen MR) is 61.3 cm³/mol. The number of ether oxygens (including phenoxy) is 1. The molecule has 1 aromatic carbocycles. The Labute approximate surface area is 92.0 Å². The summed E-state index contributed by atoms with van der Waals surface area (Å²) in [5.74, 6) is -0.315. The van der Waals surface area contributed by atoms with Gasteiger partial charge >= 0.3 is 5.97 Å². The molecule has 0 aliphatic carbocycles. The van der Waals surface area contributed by atoms with Crippen molar-refractivity contribution in [2.24, 2.45) is 0 Å². The average molecular weight is 205 g/mol. The largest absolute Gasteiger partial charge is 0.461 e. The quantitative estimate of drug-likeness (QED) is 0.706. The summed E-state index contributed by atoms with van der Waals surface area (Å²) in [5, 5.41) is 0. The van der Waals surface area contributed by atoms with Crippen LogP contribution in [0, 0.1) is 0 Å². The van der Waals surface area contributed by atoms with Gasteiger partial charge in [-0.1, -0.05) is 43.3 Å². The molecule has 0 unspecified atom stereocenters. The van der Waals surface area contributed by atoms with E-state index in [1.54, 1.807) is 0 Å². The third kappa shape index (κ3) is 3.58. The zero-order valence-electron chi connectivity index (χ0n) is 9.90. The van der Waals surface area contributed by atoms with Crippen LogP contribution in [-0.4, -0.2) is 12.6 Å². The first-order chi connectivity index (χ1) is 7.77. The lowest BCUT2D eigenvalue weighted by Crippen LogP contribution is -2.05. The standard InChI is InChI=1S/C13H16O2/c1-3-11(10-15-13(14)4-2)12-8-6-5-7-9-12/h3,5-9H,4,10H2,1-2H3/b11-3-/i2D. The molecule has 0 heterocycles. The van der Waals surface area contributed by atoms with Crippen LogP contribution in [0.25, 0.3) is 5.57 Å². The van der Waals surface area contributed by atoms with Crippen LogP contribution in [0.1, 0.15) is 27.2 Å². The van der Waals surface area contributed by atoms with Crippen LogP contribution >= 0.6 is 0 Å². The molecule has 80 valence electrons. The fraction of sp³-hybridized carbons (Fsp3) is 0.308.